The topological polar surface area (TPSA) is 99.2 Å². The highest BCUT2D eigenvalue weighted by molar-refractivity contribution is 5.96. The van der Waals surface area contributed by atoms with Gasteiger partial charge in [0.05, 0.1) is 24.9 Å². The number of carbonyl (C=O) groups excluding carboxylic acids is 1. The summed E-state index contributed by atoms with van der Waals surface area (Å²) in [6.45, 7) is 0.623. The van der Waals surface area contributed by atoms with Crippen molar-refractivity contribution in [2.45, 2.75) is 31.7 Å². The van der Waals surface area contributed by atoms with Gasteiger partial charge in [-0.15, -0.1) is 0 Å². The molecule has 0 bridgehead atoms. The summed E-state index contributed by atoms with van der Waals surface area (Å²) in [7, 11) is 3.34. The zero-order valence-corrected chi connectivity index (χ0v) is 15.9. The van der Waals surface area contributed by atoms with E-state index in [1.54, 1.807) is 29.2 Å². The van der Waals surface area contributed by atoms with Crippen molar-refractivity contribution < 1.29 is 14.1 Å². The van der Waals surface area contributed by atoms with E-state index in [0.29, 0.717) is 29.7 Å². The zero-order valence-electron chi connectivity index (χ0n) is 15.9. The van der Waals surface area contributed by atoms with Crippen LogP contribution < -0.4 is 4.74 Å². The summed E-state index contributed by atoms with van der Waals surface area (Å²) >= 11 is 0. The number of carbonyl (C=O) groups is 1. The molecule has 0 aromatic carbocycles. The van der Waals surface area contributed by atoms with E-state index < -0.39 is 0 Å². The number of hydrogen-bond acceptors (Lipinski definition) is 7. The van der Waals surface area contributed by atoms with Crippen molar-refractivity contribution in [1.82, 2.24) is 29.8 Å². The summed E-state index contributed by atoms with van der Waals surface area (Å²) in [6.07, 6.45) is 8.85. The molecule has 4 rings (SSSR count). The van der Waals surface area contributed by atoms with Crippen LogP contribution in [0.1, 0.15) is 47.9 Å². The molecule has 1 aliphatic rings. The van der Waals surface area contributed by atoms with Gasteiger partial charge in [0.25, 0.3) is 11.8 Å². The maximum Gasteiger partial charge on any atom is 0.261 e. The number of amides is 1. The van der Waals surface area contributed by atoms with E-state index in [1.165, 1.54) is 7.11 Å². The Labute approximate surface area is 162 Å². The van der Waals surface area contributed by atoms with Gasteiger partial charge in [-0.05, 0) is 25.0 Å². The third-order valence-electron chi connectivity index (χ3n) is 4.90. The lowest BCUT2D eigenvalue weighted by Gasteiger charge is -2.28. The second-order valence-electron chi connectivity index (χ2n) is 6.78. The number of hydrogen-bond donors (Lipinski definition) is 0. The molecule has 3 aromatic heterocycles. The predicted octanol–water partition coefficient (Wildman–Crippen LogP) is 2.63. The van der Waals surface area contributed by atoms with Crippen molar-refractivity contribution >= 4 is 5.91 Å². The van der Waals surface area contributed by atoms with Crippen LogP contribution in [-0.2, 0) is 7.05 Å². The lowest BCUT2D eigenvalue weighted by atomic mass is 10.1. The Kier molecular flexibility index (Phi) is 5.05. The molecule has 1 fully saturated rings. The fourth-order valence-corrected chi connectivity index (χ4v) is 3.51. The highest BCUT2D eigenvalue weighted by Crippen LogP contribution is 2.32. The summed E-state index contributed by atoms with van der Waals surface area (Å²) in [5.74, 6) is 1.10. The number of aryl methyl sites for hydroxylation is 1. The van der Waals surface area contributed by atoms with Crippen LogP contribution in [0.15, 0.2) is 35.2 Å². The summed E-state index contributed by atoms with van der Waals surface area (Å²) in [6, 6.07) is 3.21. The van der Waals surface area contributed by atoms with Crippen LogP contribution in [0.3, 0.4) is 0 Å². The van der Waals surface area contributed by atoms with Crippen molar-refractivity contribution in [1.29, 1.82) is 0 Å². The van der Waals surface area contributed by atoms with Crippen LogP contribution in [0.4, 0.5) is 0 Å². The summed E-state index contributed by atoms with van der Waals surface area (Å²) in [5.41, 5.74) is 1.19. The summed E-state index contributed by atoms with van der Waals surface area (Å²) < 4.78 is 12.4. The molecule has 0 spiro atoms. The highest BCUT2D eigenvalue weighted by atomic mass is 16.5. The number of methoxy groups -OCH3 is 1. The van der Waals surface area contributed by atoms with Gasteiger partial charge in [0, 0.05) is 26.0 Å². The van der Waals surface area contributed by atoms with Gasteiger partial charge in [0.2, 0.25) is 5.88 Å². The van der Waals surface area contributed by atoms with Gasteiger partial charge in [-0.2, -0.15) is 10.1 Å². The van der Waals surface area contributed by atoms with Crippen molar-refractivity contribution in [3.63, 3.8) is 0 Å². The van der Waals surface area contributed by atoms with Crippen LogP contribution in [-0.4, -0.2) is 49.4 Å². The van der Waals surface area contributed by atoms with Gasteiger partial charge >= 0.3 is 0 Å². The molecular formula is C19H22N6O3. The lowest BCUT2D eigenvalue weighted by molar-refractivity contribution is 0.0666. The van der Waals surface area contributed by atoms with Crippen molar-refractivity contribution in [3.05, 3.63) is 42.1 Å². The van der Waals surface area contributed by atoms with Gasteiger partial charge in [0.1, 0.15) is 5.56 Å². The molecule has 1 aliphatic heterocycles. The number of pyridine rings is 1. The first-order chi connectivity index (χ1) is 13.7. The number of likely N-dealkylation sites (tertiary alicyclic amines) is 1. The molecule has 0 saturated carbocycles. The molecule has 4 heterocycles. The average Bonchev–Trinajstić information content (AvgIpc) is 3.30. The van der Waals surface area contributed by atoms with Gasteiger partial charge in [0.15, 0.2) is 5.82 Å². The second kappa shape index (κ2) is 7.79. The van der Waals surface area contributed by atoms with Crippen molar-refractivity contribution in [3.8, 4) is 17.3 Å². The van der Waals surface area contributed by atoms with Crippen molar-refractivity contribution in [2.75, 3.05) is 13.7 Å². The molecule has 0 aliphatic carbocycles. The van der Waals surface area contributed by atoms with Crippen LogP contribution >= 0.6 is 0 Å². The molecule has 9 nitrogen and oxygen atoms in total. The first-order valence-corrected chi connectivity index (χ1v) is 9.30. The third kappa shape index (κ3) is 3.47. The standard InChI is InChI=1S/C19H22N6O3/c1-24-12-13(11-21-24)17-22-16(23-28-17)15-8-4-3-5-10-25(15)19(26)14-7-6-9-20-18(14)27-2/h6-7,9,11-12,15H,3-5,8,10H2,1-2H3. The minimum Gasteiger partial charge on any atom is -0.480 e. The molecule has 9 heteroatoms. The normalized spacial score (nSPS) is 17.4. The molecule has 0 radical (unpaired) electrons. The van der Waals surface area contributed by atoms with E-state index in [-0.39, 0.29) is 11.9 Å². The Balaban J connectivity index is 1.66. The highest BCUT2D eigenvalue weighted by Gasteiger charge is 2.32. The number of nitrogens with zero attached hydrogens (tertiary/aromatic N) is 6. The van der Waals surface area contributed by atoms with Crippen LogP contribution in [0.5, 0.6) is 5.88 Å². The Hall–Kier alpha value is -3.23. The Morgan fingerprint density at radius 3 is 3.00 bits per heavy atom. The largest absolute Gasteiger partial charge is 0.480 e. The van der Waals surface area contributed by atoms with Gasteiger partial charge in [-0.3, -0.25) is 9.48 Å². The maximum atomic E-state index is 13.3. The van der Waals surface area contributed by atoms with Crippen molar-refractivity contribution in [2.24, 2.45) is 7.05 Å². The second-order valence-corrected chi connectivity index (χ2v) is 6.78. The maximum absolute atomic E-state index is 13.3. The average molecular weight is 382 g/mol. The zero-order chi connectivity index (χ0) is 19.5. The fourth-order valence-electron chi connectivity index (χ4n) is 3.51. The van der Waals surface area contributed by atoms with Crippen LogP contribution in [0.25, 0.3) is 11.5 Å². The first-order valence-electron chi connectivity index (χ1n) is 9.30. The smallest absolute Gasteiger partial charge is 0.261 e. The van der Waals surface area contributed by atoms with E-state index in [2.05, 4.69) is 20.2 Å². The number of aromatic nitrogens is 5. The Morgan fingerprint density at radius 2 is 2.21 bits per heavy atom. The van der Waals surface area contributed by atoms with Crippen LogP contribution in [0, 0.1) is 0 Å². The molecule has 146 valence electrons. The van der Waals surface area contributed by atoms with E-state index in [0.717, 1.165) is 31.2 Å². The van der Waals surface area contributed by atoms with E-state index in [9.17, 15) is 4.79 Å². The molecule has 28 heavy (non-hydrogen) atoms. The molecule has 0 N–H and O–H groups in total. The van der Waals surface area contributed by atoms with Gasteiger partial charge < -0.3 is 14.2 Å². The SMILES string of the molecule is COc1ncccc1C(=O)N1CCCCCC1c1noc(-c2cnn(C)c2)n1. The number of rotatable bonds is 4. The summed E-state index contributed by atoms with van der Waals surface area (Å²) in [4.78, 5) is 23.8. The Morgan fingerprint density at radius 1 is 1.32 bits per heavy atom. The quantitative estimate of drug-likeness (QED) is 0.684. The molecule has 1 amide bonds. The Bertz CT molecular complexity index is 966. The molecule has 3 aromatic rings. The van der Waals surface area contributed by atoms with E-state index in [1.807, 2.05) is 18.1 Å². The minimum absolute atomic E-state index is 0.135. The first kappa shape index (κ1) is 18.1. The third-order valence-corrected chi connectivity index (χ3v) is 4.90. The minimum atomic E-state index is -0.255. The lowest BCUT2D eigenvalue weighted by Crippen LogP contribution is -2.35. The van der Waals surface area contributed by atoms with Crippen LogP contribution in [0.2, 0.25) is 0 Å². The molecule has 1 unspecified atom stereocenters. The van der Waals surface area contributed by atoms with Gasteiger partial charge in [-0.1, -0.05) is 18.0 Å². The predicted molar refractivity (Wildman–Crippen MR) is 99.5 cm³/mol. The fraction of sp³-hybridized carbons (Fsp3) is 0.421. The monoisotopic (exact) mass is 382 g/mol. The summed E-state index contributed by atoms with van der Waals surface area (Å²) in [5, 5.41) is 8.31. The number of ether oxygens (including phenoxy) is 1. The van der Waals surface area contributed by atoms with Gasteiger partial charge in [-0.25, -0.2) is 4.98 Å². The molecular weight excluding hydrogens is 360 g/mol. The molecule has 1 saturated heterocycles. The van der Waals surface area contributed by atoms with E-state index in [4.69, 9.17) is 9.26 Å². The van der Waals surface area contributed by atoms with E-state index >= 15 is 0 Å². The molecule has 1 atom stereocenters.